The van der Waals surface area contributed by atoms with Gasteiger partial charge in [0.15, 0.2) is 0 Å². The van der Waals surface area contributed by atoms with Crippen LogP contribution in [0.15, 0.2) is 23.5 Å². The van der Waals surface area contributed by atoms with Crippen molar-refractivity contribution in [2.75, 3.05) is 13.1 Å². The van der Waals surface area contributed by atoms with Crippen LogP contribution in [0.3, 0.4) is 0 Å². The molecule has 2 rings (SSSR count). The molecule has 0 aliphatic carbocycles. The summed E-state index contributed by atoms with van der Waals surface area (Å²) in [6.45, 7) is 2.09. The highest BCUT2D eigenvalue weighted by molar-refractivity contribution is 5.48. The van der Waals surface area contributed by atoms with Gasteiger partial charge in [-0.15, -0.1) is 0 Å². The van der Waals surface area contributed by atoms with Gasteiger partial charge in [0.25, 0.3) is 0 Å². The lowest BCUT2D eigenvalue weighted by molar-refractivity contribution is 0.459. The molecule has 0 saturated carbocycles. The van der Waals surface area contributed by atoms with Gasteiger partial charge < -0.3 is 5.32 Å². The molecule has 0 amide bonds. The molecule has 78 valence electrons. The summed E-state index contributed by atoms with van der Waals surface area (Å²) in [7, 11) is 0. The van der Waals surface area contributed by atoms with E-state index in [0.717, 1.165) is 25.9 Å². The number of hydrogen-bond donors (Lipinski definition) is 1. The number of hydrogen-bond acceptors (Lipinski definition) is 4. The van der Waals surface area contributed by atoms with Crippen molar-refractivity contribution in [2.45, 2.75) is 18.8 Å². The summed E-state index contributed by atoms with van der Waals surface area (Å²) in [5, 5.41) is 3.32. The summed E-state index contributed by atoms with van der Waals surface area (Å²) in [5.74, 6) is 0.542. The Morgan fingerprint density at radius 3 is 2.93 bits per heavy atom. The molecule has 1 aromatic heterocycles. The summed E-state index contributed by atoms with van der Waals surface area (Å²) >= 11 is 0. The Balaban J connectivity index is 2.19. The number of nitrogens with one attached hydrogen (secondary N) is 1. The summed E-state index contributed by atoms with van der Waals surface area (Å²) in [4.78, 5) is 17.8. The average molecular weight is 203 g/mol. The van der Waals surface area contributed by atoms with Crippen LogP contribution < -0.4 is 5.32 Å². The van der Waals surface area contributed by atoms with Crippen LogP contribution in [0, 0.1) is 0 Å². The molecule has 1 N–H and O–H groups in total. The van der Waals surface area contributed by atoms with Crippen LogP contribution >= 0.6 is 0 Å². The summed E-state index contributed by atoms with van der Waals surface area (Å²) in [6, 6.07) is 1.92. The molecule has 4 nitrogen and oxygen atoms in total. The molecule has 1 saturated heterocycles. The molecule has 2 heterocycles. The first-order valence-electron chi connectivity index (χ1n) is 5.13. The van der Waals surface area contributed by atoms with Crippen molar-refractivity contribution in [3.63, 3.8) is 0 Å². The minimum Gasteiger partial charge on any atom is -0.317 e. The quantitative estimate of drug-likeness (QED) is 0.585. The van der Waals surface area contributed by atoms with Gasteiger partial charge in [-0.3, -0.25) is 4.98 Å². The van der Waals surface area contributed by atoms with Crippen molar-refractivity contribution in [1.29, 1.82) is 0 Å². The average Bonchev–Trinajstić information content (AvgIpc) is 2.31. The third kappa shape index (κ3) is 2.49. The highest BCUT2D eigenvalue weighted by atomic mass is 16.1. The van der Waals surface area contributed by atoms with Crippen LogP contribution in [0.4, 0.5) is 5.69 Å². The lowest BCUT2D eigenvalue weighted by Gasteiger charge is -2.22. The predicted octanol–water partition coefficient (Wildman–Crippen LogP) is 1.52. The number of rotatable bonds is 2. The zero-order chi connectivity index (χ0) is 10.5. The van der Waals surface area contributed by atoms with Crippen LogP contribution in [0.2, 0.25) is 0 Å². The third-order valence-corrected chi connectivity index (χ3v) is 2.73. The monoisotopic (exact) mass is 203 g/mol. The second kappa shape index (κ2) is 4.82. The molecular weight excluding hydrogens is 190 g/mol. The van der Waals surface area contributed by atoms with E-state index >= 15 is 0 Å². The van der Waals surface area contributed by atoms with E-state index in [9.17, 15) is 4.79 Å². The van der Waals surface area contributed by atoms with Crippen molar-refractivity contribution in [3.05, 3.63) is 24.0 Å². The second-order valence-corrected chi connectivity index (χ2v) is 3.70. The third-order valence-electron chi connectivity index (χ3n) is 2.73. The van der Waals surface area contributed by atoms with Crippen molar-refractivity contribution in [2.24, 2.45) is 4.99 Å². The smallest absolute Gasteiger partial charge is 0.240 e. The topological polar surface area (TPSA) is 54.4 Å². The van der Waals surface area contributed by atoms with Crippen LogP contribution in [-0.2, 0) is 4.79 Å². The van der Waals surface area contributed by atoms with Gasteiger partial charge in [0.05, 0.1) is 11.9 Å². The summed E-state index contributed by atoms with van der Waals surface area (Å²) in [5.41, 5.74) is 1.77. The second-order valence-electron chi connectivity index (χ2n) is 3.70. The maximum atomic E-state index is 10.1. The lowest BCUT2D eigenvalue weighted by Crippen LogP contribution is -2.26. The first-order chi connectivity index (χ1) is 7.40. The van der Waals surface area contributed by atoms with E-state index in [1.54, 1.807) is 6.20 Å². The molecule has 0 unspecified atom stereocenters. The van der Waals surface area contributed by atoms with Gasteiger partial charge in [0.2, 0.25) is 6.08 Å². The maximum Gasteiger partial charge on any atom is 0.240 e. The molecule has 0 spiro atoms. The van der Waals surface area contributed by atoms with Crippen LogP contribution in [0.1, 0.15) is 24.3 Å². The molecule has 0 bridgehead atoms. The maximum absolute atomic E-state index is 10.1. The number of pyridine rings is 1. The highest BCUT2D eigenvalue weighted by Gasteiger charge is 2.15. The fourth-order valence-corrected chi connectivity index (χ4v) is 1.94. The Morgan fingerprint density at radius 1 is 1.40 bits per heavy atom. The number of isocyanates is 1. The van der Waals surface area contributed by atoms with E-state index in [2.05, 4.69) is 15.3 Å². The number of aliphatic imine (C=N–C) groups is 1. The molecule has 1 fully saturated rings. The van der Waals surface area contributed by atoms with Crippen LogP contribution in [0.5, 0.6) is 0 Å². The molecule has 4 heteroatoms. The molecule has 15 heavy (non-hydrogen) atoms. The van der Waals surface area contributed by atoms with Crippen molar-refractivity contribution < 1.29 is 4.79 Å². The van der Waals surface area contributed by atoms with E-state index in [0.29, 0.717) is 11.6 Å². The molecule has 1 aliphatic heterocycles. The van der Waals surface area contributed by atoms with E-state index in [-0.39, 0.29) is 0 Å². The minimum atomic E-state index is 0.542. The van der Waals surface area contributed by atoms with Gasteiger partial charge in [-0.05, 0) is 43.5 Å². The first-order valence-corrected chi connectivity index (χ1v) is 5.13. The number of piperidine rings is 1. The zero-order valence-corrected chi connectivity index (χ0v) is 8.44. The molecule has 1 aliphatic rings. The van der Waals surface area contributed by atoms with Gasteiger partial charge in [-0.2, -0.15) is 4.99 Å². The molecule has 1 aromatic rings. The van der Waals surface area contributed by atoms with Crippen molar-refractivity contribution >= 4 is 11.8 Å². The van der Waals surface area contributed by atoms with E-state index in [4.69, 9.17) is 0 Å². The van der Waals surface area contributed by atoms with E-state index < -0.39 is 0 Å². The first kappa shape index (κ1) is 10.0. The number of nitrogens with zero attached hydrogens (tertiary/aromatic N) is 2. The predicted molar refractivity (Wildman–Crippen MR) is 56.9 cm³/mol. The van der Waals surface area contributed by atoms with Gasteiger partial charge in [-0.1, -0.05) is 0 Å². The van der Waals surface area contributed by atoms with Gasteiger partial charge in [0, 0.05) is 6.20 Å². The standard InChI is InChI=1S/C11H13N3O/c15-8-14-11-5-10(6-13-7-11)9-1-3-12-4-2-9/h5-7,9,12H,1-4H2. The minimum absolute atomic E-state index is 0.542. The molecule has 0 radical (unpaired) electrons. The molecule has 0 aromatic carbocycles. The van der Waals surface area contributed by atoms with E-state index in [1.165, 1.54) is 11.6 Å². The van der Waals surface area contributed by atoms with Crippen LogP contribution in [0.25, 0.3) is 0 Å². The van der Waals surface area contributed by atoms with Crippen LogP contribution in [-0.4, -0.2) is 24.2 Å². The number of carbonyl (C=O) groups excluding carboxylic acids is 1. The van der Waals surface area contributed by atoms with Gasteiger partial charge in [0.1, 0.15) is 0 Å². The van der Waals surface area contributed by atoms with Crippen molar-refractivity contribution in [3.8, 4) is 0 Å². The highest BCUT2D eigenvalue weighted by Crippen LogP contribution is 2.26. The Bertz CT molecular complexity index is 379. The molecular formula is C11H13N3O. The lowest BCUT2D eigenvalue weighted by atomic mass is 9.91. The molecule has 0 atom stereocenters. The summed E-state index contributed by atoms with van der Waals surface area (Å²) in [6.07, 6.45) is 7.22. The normalized spacial score (nSPS) is 17.1. The summed E-state index contributed by atoms with van der Waals surface area (Å²) < 4.78 is 0. The Morgan fingerprint density at radius 2 is 2.20 bits per heavy atom. The fraction of sp³-hybridized carbons (Fsp3) is 0.455. The fourth-order valence-electron chi connectivity index (χ4n) is 1.94. The zero-order valence-electron chi connectivity index (χ0n) is 8.44. The Labute approximate surface area is 88.4 Å². The number of aromatic nitrogens is 1. The van der Waals surface area contributed by atoms with Gasteiger partial charge in [-0.25, -0.2) is 4.79 Å². The Kier molecular flexibility index (Phi) is 3.22. The Hall–Kier alpha value is -1.51. The van der Waals surface area contributed by atoms with Gasteiger partial charge >= 0.3 is 0 Å². The van der Waals surface area contributed by atoms with E-state index in [1.807, 2.05) is 12.3 Å². The largest absolute Gasteiger partial charge is 0.317 e. The van der Waals surface area contributed by atoms with Crippen molar-refractivity contribution in [1.82, 2.24) is 10.3 Å². The SMILES string of the molecule is O=C=Nc1cncc(C2CCNCC2)c1.